The van der Waals surface area contributed by atoms with Crippen molar-refractivity contribution < 1.29 is 19.1 Å². The molecular formula is C20H22N2O4. The molecule has 1 aliphatic carbocycles. The van der Waals surface area contributed by atoms with E-state index >= 15 is 0 Å². The van der Waals surface area contributed by atoms with E-state index in [1.54, 1.807) is 31.4 Å². The molecule has 0 radical (unpaired) electrons. The molecule has 0 atom stereocenters. The van der Waals surface area contributed by atoms with E-state index in [1.807, 2.05) is 25.1 Å². The number of ether oxygens (including phenoxy) is 2. The molecule has 2 amide bonds. The Bertz CT molecular complexity index is 815. The van der Waals surface area contributed by atoms with Gasteiger partial charge in [-0.15, -0.1) is 0 Å². The van der Waals surface area contributed by atoms with Gasteiger partial charge in [0.25, 0.3) is 11.8 Å². The Balaban J connectivity index is 1.62. The zero-order valence-corrected chi connectivity index (χ0v) is 14.9. The molecule has 0 heterocycles. The van der Waals surface area contributed by atoms with Crippen LogP contribution in [0.15, 0.2) is 42.5 Å². The Kier molecular flexibility index (Phi) is 5.41. The molecule has 1 saturated carbocycles. The number of hydrogen-bond donors (Lipinski definition) is 2. The standard InChI is InChI=1S/C20H22N2O4/c1-13-7-8-14(20(24)21-15-9-10-15)11-16(13)22-19(23)12-26-18-6-4-3-5-17(18)25-2/h3-8,11,15H,9-10,12H2,1-2H3,(H,21,24)(H,22,23). The van der Waals surface area contributed by atoms with Crippen LogP contribution in [0.1, 0.15) is 28.8 Å². The van der Waals surface area contributed by atoms with Crippen molar-refractivity contribution in [2.75, 3.05) is 19.0 Å². The zero-order valence-electron chi connectivity index (χ0n) is 14.9. The Morgan fingerprint density at radius 1 is 1.12 bits per heavy atom. The second kappa shape index (κ2) is 7.91. The molecule has 0 unspecified atom stereocenters. The van der Waals surface area contributed by atoms with Crippen LogP contribution in [-0.4, -0.2) is 31.6 Å². The molecule has 0 aliphatic heterocycles. The van der Waals surface area contributed by atoms with Gasteiger partial charge in [-0.3, -0.25) is 9.59 Å². The second-order valence-electron chi connectivity index (χ2n) is 6.27. The molecule has 0 spiro atoms. The Morgan fingerprint density at radius 2 is 1.85 bits per heavy atom. The van der Waals surface area contributed by atoms with Gasteiger partial charge < -0.3 is 20.1 Å². The van der Waals surface area contributed by atoms with Gasteiger partial charge in [-0.2, -0.15) is 0 Å². The first kappa shape index (κ1) is 17.8. The Labute approximate surface area is 152 Å². The van der Waals surface area contributed by atoms with Crippen molar-refractivity contribution in [2.45, 2.75) is 25.8 Å². The summed E-state index contributed by atoms with van der Waals surface area (Å²) in [7, 11) is 1.55. The summed E-state index contributed by atoms with van der Waals surface area (Å²) in [5.41, 5.74) is 2.00. The number of rotatable bonds is 7. The van der Waals surface area contributed by atoms with Crippen LogP contribution < -0.4 is 20.1 Å². The third-order valence-corrected chi connectivity index (χ3v) is 4.11. The summed E-state index contributed by atoms with van der Waals surface area (Å²) < 4.78 is 10.7. The molecule has 136 valence electrons. The van der Waals surface area contributed by atoms with Gasteiger partial charge >= 0.3 is 0 Å². The maximum Gasteiger partial charge on any atom is 0.262 e. The minimum absolute atomic E-state index is 0.117. The first-order valence-corrected chi connectivity index (χ1v) is 8.54. The SMILES string of the molecule is COc1ccccc1OCC(=O)Nc1cc(C(=O)NC2CC2)ccc1C. The normalized spacial score (nSPS) is 13.0. The smallest absolute Gasteiger partial charge is 0.262 e. The maximum absolute atomic E-state index is 12.2. The minimum atomic E-state index is -0.307. The topological polar surface area (TPSA) is 76.7 Å². The van der Waals surface area contributed by atoms with Crippen LogP contribution in [0, 0.1) is 6.92 Å². The number of carbonyl (C=O) groups is 2. The van der Waals surface area contributed by atoms with Gasteiger partial charge in [-0.1, -0.05) is 18.2 Å². The highest BCUT2D eigenvalue weighted by molar-refractivity contribution is 5.98. The van der Waals surface area contributed by atoms with E-state index in [1.165, 1.54) is 0 Å². The van der Waals surface area contributed by atoms with Crippen molar-refractivity contribution in [3.05, 3.63) is 53.6 Å². The average Bonchev–Trinajstić information content (AvgIpc) is 3.46. The first-order valence-electron chi connectivity index (χ1n) is 8.54. The molecule has 6 heteroatoms. The van der Waals surface area contributed by atoms with Gasteiger partial charge in [0, 0.05) is 17.3 Å². The molecule has 2 aromatic carbocycles. The highest BCUT2D eigenvalue weighted by Crippen LogP contribution is 2.26. The maximum atomic E-state index is 12.2. The third kappa shape index (κ3) is 4.53. The highest BCUT2D eigenvalue weighted by Gasteiger charge is 2.24. The molecule has 0 bridgehead atoms. The van der Waals surface area contributed by atoms with Crippen molar-refractivity contribution in [1.29, 1.82) is 0 Å². The van der Waals surface area contributed by atoms with Gasteiger partial charge in [-0.25, -0.2) is 0 Å². The monoisotopic (exact) mass is 354 g/mol. The van der Waals surface area contributed by atoms with Crippen LogP contribution in [0.2, 0.25) is 0 Å². The van der Waals surface area contributed by atoms with Crippen LogP contribution in [0.25, 0.3) is 0 Å². The molecule has 26 heavy (non-hydrogen) atoms. The zero-order chi connectivity index (χ0) is 18.5. The third-order valence-electron chi connectivity index (χ3n) is 4.11. The number of carbonyl (C=O) groups excluding carboxylic acids is 2. The number of methoxy groups -OCH3 is 1. The predicted molar refractivity (Wildman–Crippen MR) is 98.8 cm³/mol. The van der Waals surface area contributed by atoms with E-state index in [0.29, 0.717) is 22.7 Å². The lowest BCUT2D eigenvalue weighted by Gasteiger charge is -2.13. The molecule has 0 saturated heterocycles. The molecule has 1 aliphatic rings. The fourth-order valence-corrected chi connectivity index (χ4v) is 2.46. The van der Waals surface area contributed by atoms with E-state index in [-0.39, 0.29) is 24.5 Å². The molecule has 2 N–H and O–H groups in total. The summed E-state index contributed by atoms with van der Waals surface area (Å²) in [6, 6.07) is 12.7. The van der Waals surface area contributed by atoms with Crippen LogP contribution >= 0.6 is 0 Å². The van der Waals surface area contributed by atoms with Crippen molar-refractivity contribution in [3.63, 3.8) is 0 Å². The Morgan fingerprint density at radius 3 is 2.54 bits per heavy atom. The van der Waals surface area contributed by atoms with Crippen LogP contribution in [0.4, 0.5) is 5.69 Å². The van der Waals surface area contributed by atoms with E-state index in [0.717, 1.165) is 18.4 Å². The number of aryl methyl sites for hydroxylation is 1. The molecule has 1 fully saturated rings. The molecule has 2 aromatic rings. The molecule has 0 aromatic heterocycles. The Hall–Kier alpha value is -3.02. The summed E-state index contributed by atoms with van der Waals surface area (Å²) in [6.45, 7) is 1.72. The van der Waals surface area contributed by atoms with Crippen LogP contribution in [0.5, 0.6) is 11.5 Å². The number of para-hydroxylation sites is 2. The summed E-state index contributed by atoms with van der Waals surface area (Å²) in [6.07, 6.45) is 2.06. The van der Waals surface area contributed by atoms with E-state index < -0.39 is 0 Å². The fourth-order valence-electron chi connectivity index (χ4n) is 2.46. The molecular weight excluding hydrogens is 332 g/mol. The lowest BCUT2D eigenvalue weighted by Crippen LogP contribution is -2.26. The van der Waals surface area contributed by atoms with Crippen LogP contribution in [-0.2, 0) is 4.79 Å². The van der Waals surface area contributed by atoms with Crippen molar-refractivity contribution in [3.8, 4) is 11.5 Å². The summed E-state index contributed by atoms with van der Waals surface area (Å²) in [5.74, 6) is 0.640. The lowest BCUT2D eigenvalue weighted by atomic mass is 10.1. The van der Waals surface area contributed by atoms with Gasteiger partial charge in [0.05, 0.1) is 7.11 Å². The van der Waals surface area contributed by atoms with E-state index in [9.17, 15) is 9.59 Å². The predicted octanol–water partition coefficient (Wildman–Crippen LogP) is 2.91. The number of hydrogen-bond acceptors (Lipinski definition) is 4. The first-order chi connectivity index (χ1) is 12.6. The fraction of sp³-hybridized carbons (Fsp3) is 0.300. The van der Waals surface area contributed by atoms with Crippen molar-refractivity contribution in [2.24, 2.45) is 0 Å². The van der Waals surface area contributed by atoms with Crippen molar-refractivity contribution >= 4 is 17.5 Å². The number of amides is 2. The summed E-state index contributed by atoms with van der Waals surface area (Å²) >= 11 is 0. The lowest BCUT2D eigenvalue weighted by molar-refractivity contribution is -0.118. The quantitative estimate of drug-likeness (QED) is 0.801. The van der Waals surface area contributed by atoms with Crippen molar-refractivity contribution in [1.82, 2.24) is 5.32 Å². The number of benzene rings is 2. The van der Waals surface area contributed by atoms with Gasteiger partial charge in [0.2, 0.25) is 0 Å². The second-order valence-corrected chi connectivity index (χ2v) is 6.27. The van der Waals surface area contributed by atoms with Crippen LogP contribution in [0.3, 0.4) is 0 Å². The average molecular weight is 354 g/mol. The molecule has 6 nitrogen and oxygen atoms in total. The summed E-state index contributed by atoms with van der Waals surface area (Å²) in [5, 5.41) is 5.74. The van der Waals surface area contributed by atoms with E-state index in [2.05, 4.69) is 10.6 Å². The largest absolute Gasteiger partial charge is 0.493 e. The van der Waals surface area contributed by atoms with E-state index in [4.69, 9.17) is 9.47 Å². The molecule has 3 rings (SSSR count). The minimum Gasteiger partial charge on any atom is -0.493 e. The number of anilines is 1. The highest BCUT2D eigenvalue weighted by atomic mass is 16.5. The van der Waals surface area contributed by atoms with Gasteiger partial charge in [0.15, 0.2) is 18.1 Å². The van der Waals surface area contributed by atoms with Gasteiger partial charge in [0.1, 0.15) is 0 Å². The summed E-state index contributed by atoms with van der Waals surface area (Å²) in [4.78, 5) is 24.4. The number of nitrogens with one attached hydrogen (secondary N) is 2. The van der Waals surface area contributed by atoms with Gasteiger partial charge in [-0.05, 0) is 49.6 Å².